The number of primary amides is 1. The van der Waals surface area contributed by atoms with E-state index in [1.54, 1.807) is 12.0 Å². The molecule has 2 amide bonds. The Morgan fingerprint density at radius 2 is 2.10 bits per heavy atom. The van der Waals surface area contributed by atoms with Gasteiger partial charge in [-0.2, -0.15) is 0 Å². The fourth-order valence-electron chi connectivity index (χ4n) is 3.22. The Bertz CT molecular complexity index is 580. The highest BCUT2D eigenvalue weighted by Gasteiger charge is 2.66. The minimum absolute atomic E-state index is 0.138. The minimum Gasteiger partial charge on any atom is -0.487 e. The van der Waals surface area contributed by atoms with Gasteiger partial charge in [-0.15, -0.1) is 0 Å². The van der Waals surface area contributed by atoms with E-state index in [0.717, 1.165) is 0 Å². The number of urea groups is 1. The molecule has 1 aromatic carbocycles. The van der Waals surface area contributed by atoms with Crippen molar-refractivity contribution in [3.05, 3.63) is 24.3 Å². The van der Waals surface area contributed by atoms with Gasteiger partial charge < -0.3 is 29.6 Å². The molecule has 0 spiro atoms. The van der Waals surface area contributed by atoms with E-state index in [0.29, 0.717) is 18.1 Å². The lowest BCUT2D eigenvalue weighted by atomic mass is 10.1. The molecule has 7 heteroatoms. The van der Waals surface area contributed by atoms with Crippen molar-refractivity contribution < 1.29 is 23.7 Å². The summed E-state index contributed by atoms with van der Waals surface area (Å²) in [7, 11) is 1.55. The summed E-state index contributed by atoms with van der Waals surface area (Å²) in [6.45, 7) is 0.345. The maximum absolute atomic E-state index is 11.5. The smallest absolute Gasteiger partial charge is 0.315 e. The number of benzene rings is 1. The van der Waals surface area contributed by atoms with Gasteiger partial charge >= 0.3 is 6.03 Å². The number of carbonyl (C=O) groups excluding carboxylic acids is 1. The third-order valence-electron chi connectivity index (χ3n) is 4.20. The van der Waals surface area contributed by atoms with Crippen molar-refractivity contribution in [2.24, 2.45) is 5.73 Å². The molecule has 2 fully saturated rings. The zero-order valence-corrected chi connectivity index (χ0v) is 11.5. The number of fused-ring (bicyclic) bond motifs is 4. The Kier molecular flexibility index (Phi) is 2.73. The van der Waals surface area contributed by atoms with Crippen molar-refractivity contribution in [3.63, 3.8) is 0 Å². The fraction of sp³-hybridized carbons (Fsp3) is 0.500. The molecule has 3 aliphatic rings. The Labute approximate surface area is 121 Å². The number of methoxy groups -OCH3 is 1. The molecule has 2 N–H and O–H groups in total. The van der Waals surface area contributed by atoms with Gasteiger partial charge in [-0.3, -0.25) is 0 Å². The summed E-state index contributed by atoms with van der Waals surface area (Å²) >= 11 is 0. The van der Waals surface area contributed by atoms with Gasteiger partial charge in [0.05, 0.1) is 6.04 Å². The summed E-state index contributed by atoms with van der Waals surface area (Å²) in [5, 5.41) is 0. The average molecular weight is 292 g/mol. The molecular weight excluding hydrogens is 276 g/mol. The molecule has 0 unspecified atom stereocenters. The number of ether oxygens (including phenoxy) is 4. The fourth-order valence-corrected chi connectivity index (χ4v) is 3.22. The molecule has 4 rings (SSSR count). The van der Waals surface area contributed by atoms with Gasteiger partial charge in [0.2, 0.25) is 0 Å². The van der Waals surface area contributed by atoms with Gasteiger partial charge in [-0.1, -0.05) is 12.1 Å². The summed E-state index contributed by atoms with van der Waals surface area (Å²) in [5.74, 6) is 1.33. The largest absolute Gasteiger partial charge is 0.487 e. The predicted octanol–water partition coefficient (Wildman–Crippen LogP) is 0.329. The van der Waals surface area contributed by atoms with Crippen LogP contribution < -0.4 is 15.2 Å². The average Bonchev–Trinajstić information content (AvgIpc) is 3.24. The van der Waals surface area contributed by atoms with Crippen LogP contribution in [0.1, 0.15) is 0 Å². The molecular formula is C14H16N2O5. The molecule has 0 bridgehead atoms. The Hall–Kier alpha value is -1.99. The molecule has 0 saturated carbocycles. The number of rotatable bonds is 1. The maximum atomic E-state index is 11.5. The van der Waals surface area contributed by atoms with Gasteiger partial charge in [0, 0.05) is 7.11 Å². The van der Waals surface area contributed by atoms with Crippen LogP contribution in [0.3, 0.4) is 0 Å². The van der Waals surface area contributed by atoms with Crippen LogP contribution in [0.5, 0.6) is 11.5 Å². The van der Waals surface area contributed by atoms with Gasteiger partial charge in [0.1, 0.15) is 18.8 Å². The van der Waals surface area contributed by atoms with Crippen molar-refractivity contribution >= 4 is 6.03 Å². The van der Waals surface area contributed by atoms with Crippen LogP contribution in [0.2, 0.25) is 0 Å². The van der Waals surface area contributed by atoms with Crippen LogP contribution in [-0.4, -0.2) is 55.2 Å². The molecule has 112 valence electrons. The van der Waals surface area contributed by atoms with Gasteiger partial charge in [0.25, 0.3) is 0 Å². The number of hydrogen-bond acceptors (Lipinski definition) is 5. The molecule has 0 aliphatic carbocycles. The van der Waals surface area contributed by atoms with Gasteiger partial charge in [-0.25, -0.2) is 4.79 Å². The van der Waals surface area contributed by atoms with Crippen molar-refractivity contribution in [2.75, 3.05) is 13.7 Å². The number of hydrogen-bond donors (Lipinski definition) is 1. The van der Waals surface area contributed by atoms with E-state index >= 15 is 0 Å². The first-order chi connectivity index (χ1) is 10.2. The number of para-hydroxylation sites is 2. The maximum Gasteiger partial charge on any atom is 0.315 e. The molecule has 21 heavy (non-hydrogen) atoms. The molecule has 2 saturated heterocycles. The summed E-state index contributed by atoms with van der Waals surface area (Å²) in [6.07, 6.45) is -1.12. The lowest BCUT2D eigenvalue weighted by molar-refractivity contribution is -0.197. The van der Waals surface area contributed by atoms with Crippen LogP contribution in [0, 0.1) is 0 Å². The van der Waals surface area contributed by atoms with Gasteiger partial charge in [-0.05, 0) is 12.1 Å². The van der Waals surface area contributed by atoms with E-state index in [-0.39, 0.29) is 24.3 Å². The van der Waals surface area contributed by atoms with Crippen molar-refractivity contribution in [1.82, 2.24) is 4.90 Å². The molecule has 5 atom stereocenters. The van der Waals surface area contributed by atoms with Crippen molar-refractivity contribution in [1.29, 1.82) is 0 Å². The standard InChI is InChI=1S/C14H16N2O5/c1-18-13-11-10(16(11)14(15)17)12-9(21-13)6-19-7-4-2-3-5-8(7)20-12/h2-5,9-13H,6H2,1H3,(H2,15,17)/t9-,10+,11+,12-,13+,16?/m0/s1. The van der Waals surface area contributed by atoms with E-state index in [1.807, 2.05) is 24.3 Å². The number of carbonyl (C=O) groups is 1. The minimum atomic E-state index is -0.503. The first kappa shape index (κ1) is 12.7. The highest BCUT2D eigenvalue weighted by atomic mass is 16.7. The lowest BCUT2D eigenvalue weighted by Gasteiger charge is -2.31. The van der Waals surface area contributed by atoms with Crippen LogP contribution in [0.25, 0.3) is 0 Å². The zero-order chi connectivity index (χ0) is 14.6. The summed E-state index contributed by atoms with van der Waals surface area (Å²) in [4.78, 5) is 13.1. The van der Waals surface area contributed by atoms with Crippen molar-refractivity contribution in [2.45, 2.75) is 30.6 Å². The van der Waals surface area contributed by atoms with Crippen LogP contribution >= 0.6 is 0 Å². The van der Waals surface area contributed by atoms with Gasteiger partial charge in [0.15, 0.2) is 23.9 Å². The van der Waals surface area contributed by atoms with E-state index in [2.05, 4.69) is 0 Å². The van der Waals surface area contributed by atoms with Crippen molar-refractivity contribution in [3.8, 4) is 11.5 Å². The predicted molar refractivity (Wildman–Crippen MR) is 71.0 cm³/mol. The van der Waals surface area contributed by atoms with Crippen LogP contribution in [0.4, 0.5) is 4.79 Å². The number of nitrogens with zero attached hydrogens (tertiary/aromatic N) is 1. The molecule has 1 aromatic rings. The number of amides is 2. The van der Waals surface area contributed by atoms with E-state index < -0.39 is 12.3 Å². The quantitative estimate of drug-likeness (QED) is 0.754. The zero-order valence-electron chi connectivity index (χ0n) is 11.5. The SMILES string of the molecule is CO[C@@H]1O[C@H]2COc3ccccc3O[C@@H]2[C@H]2[C@H]1N2C(N)=O. The third-order valence-corrected chi connectivity index (χ3v) is 4.20. The second-order valence-corrected chi connectivity index (χ2v) is 5.35. The molecule has 0 aromatic heterocycles. The highest BCUT2D eigenvalue weighted by molar-refractivity contribution is 5.76. The van der Waals surface area contributed by atoms with E-state index in [1.165, 1.54) is 0 Å². The Morgan fingerprint density at radius 1 is 1.33 bits per heavy atom. The number of nitrogens with two attached hydrogens (primary N) is 1. The summed E-state index contributed by atoms with van der Waals surface area (Å²) in [5.41, 5.74) is 5.42. The summed E-state index contributed by atoms with van der Waals surface area (Å²) in [6, 6.07) is 6.62. The Morgan fingerprint density at radius 3 is 2.81 bits per heavy atom. The highest BCUT2D eigenvalue weighted by Crippen LogP contribution is 2.45. The topological polar surface area (TPSA) is 83.0 Å². The third kappa shape index (κ3) is 1.85. The molecule has 3 aliphatic heterocycles. The van der Waals surface area contributed by atoms with E-state index in [9.17, 15) is 4.79 Å². The first-order valence-corrected chi connectivity index (χ1v) is 6.85. The monoisotopic (exact) mass is 292 g/mol. The lowest BCUT2D eigenvalue weighted by Crippen LogP contribution is -2.50. The van der Waals surface area contributed by atoms with E-state index in [4.69, 9.17) is 24.7 Å². The second kappa shape index (κ2) is 4.51. The normalized spacial score (nSPS) is 36.2. The second-order valence-electron chi connectivity index (χ2n) is 5.35. The molecule has 3 heterocycles. The van der Waals surface area contributed by atoms with Crippen LogP contribution in [-0.2, 0) is 9.47 Å². The van der Waals surface area contributed by atoms with Crippen LogP contribution in [0.15, 0.2) is 24.3 Å². The first-order valence-electron chi connectivity index (χ1n) is 6.85. The summed E-state index contributed by atoms with van der Waals surface area (Å²) < 4.78 is 22.9. The molecule has 0 radical (unpaired) electrons. The Balaban J connectivity index is 1.65. The molecule has 7 nitrogen and oxygen atoms in total.